The molecule has 1 aromatic rings. The third kappa shape index (κ3) is 4.35. The highest BCUT2D eigenvalue weighted by atomic mass is 35.5. The van der Waals surface area contributed by atoms with Gasteiger partial charge in [0.15, 0.2) is 0 Å². The molecule has 1 amide bonds. The lowest BCUT2D eigenvalue weighted by Crippen LogP contribution is -2.57. The summed E-state index contributed by atoms with van der Waals surface area (Å²) < 4.78 is 0. The quantitative estimate of drug-likeness (QED) is 0.782. The first-order valence-electron chi connectivity index (χ1n) is 6.26. The highest BCUT2D eigenvalue weighted by Gasteiger charge is 2.34. The van der Waals surface area contributed by atoms with Gasteiger partial charge in [-0.15, -0.1) is 0 Å². The van der Waals surface area contributed by atoms with Crippen LogP contribution in [0.25, 0.3) is 0 Å². The van der Waals surface area contributed by atoms with E-state index in [4.69, 9.17) is 23.2 Å². The fourth-order valence-electron chi connectivity index (χ4n) is 1.32. The molecule has 0 bridgehead atoms. The van der Waals surface area contributed by atoms with Gasteiger partial charge in [-0.1, -0.05) is 29.3 Å². The first-order valence-corrected chi connectivity index (χ1v) is 7.01. The normalized spacial score (nSPS) is 12.3. The number of carbonyl (C=O) groups excluding carboxylic acids is 1. The van der Waals surface area contributed by atoms with Gasteiger partial charge in [0.05, 0.1) is 27.9 Å². The molecule has 0 atom stereocenters. The average molecular weight is 319 g/mol. The molecular formula is C14H20Cl2N2O2. The van der Waals surface area contributed by atoms with Crippen LogP contribution in [0.1, 0.15) is 27.7 Å². The second kappa shape index (κ2) is 6.31. The van der Waals surface area contributed by atoms with E-state index in [0.29, 0.717) is 15.7 Å². The number of para-hydroxylation sites is 1. The predicted molar refractivity (Wildman–Crippen MR) is 83.5 cm³/mol. The number of anilines is 1. The highest BCUT2D eigenvalue weighted by molar-refractivity contribution is 6.39. The van der Waals surface area contributed by atoms with E-state index in [1.807, 2.05) is 13.8 Å². The summed E-state index contributed by atoms with van der Waals surface area (Å²) >= 11 is 12.0. The van der Waals surface area contributed by atoms with Gasteiger partial charge >= 0.3 is 0 Å². The maximum atomic E-state index is 11.9. The molecule has 0 unspecified atom stereocenters. The molecule has 0 aliphatic rings. The average Bonchev–Trinajstić information content (AvgIpc) is 2.30. The van der Waals surface area contributed by atoms with Crippen molar-refractivity contribution in [3.63, 3.8) is 0 Å². The molecular weight excluding hydrogens is 299 g/mol. The van der Waals surface area contributed by atoms with Gasteiger partial charge in [-0.25, -0.2) is 0 Å². The number of nitrogens with one attached hydrogen (secondary N) is 2. The van der Waals surface area contributed by atoms with Crippen LogP contribution < -0.4 is 10.6 Å². The highest BCUT2D eigenvalue weighted by Crippen LogP contribution is 2.29. The van der Waals surface area contributed by atoms with Gasteiger partial charge in [-0.05, 0) is 39.8 Å². The van der Waals surface area contributed by atoms with Gasteiger partial charge in [0.2, 0.25) is 5.91 Å². The van der Waals surface area contributed by atoms with E-state index in [1.165, 1.54) is 0 Å². The molecule has 6 heteroatoms. The van der Waals surface area contributed by atoms with Crippen molar-refractivity contribution in [3.05, 3.63) is 28.2 Å². The summed E-state index contributed by atoms with van der Waals surface area (Å²) in [5.41, 5.74) is -1.19. The van der Waals surface area contributed by atoms with E-state index in [9.17, 15) is 9.90 Å². The SMILES string of the molecule is CC(C)(O)C(C)(C)NCC(=O)Nc1c(Cl)cccc1Cl. The Labute approximate surface area is 129 Å². The maximum Gasteiger partial charge on any atom is 0.238 e. The summed E-state index contributed by atoms with van der Waals surface area (Å²) in [5, 5.41) is 16.4. The van der Waals surface area contributed by atoms with Crippen molar-refractivity contribution < 1.29 is 9.90 Å². The molecule has 0 saturated heterocycles. The van der Waals surface area contributed by atoms with E-state index < -0.39 is 11.1 Å². The fraction of sp³-hybridized carbons (Fsp3) is 0.500. The number of amides is 1. The van der Waals surface area contributed by atoms with Gasteiger partial charge in [0.1, 0.15) is 0 Å². The van der Waals surface area contributed by atoms with E-state index in [1.54, 1.807) is 32.0 Å². The molecule has 1 aromatic carbocycles. The van der Waals surface area contributed by atoms with Crippen molar-refractivity contribution in [3.8, 4) is 0 Å². The minimum Gasteiger partial charge on any atom is -0.389 e. The van der Waals surface area contributed by atoms with Crippen LogP contribution in [0.15, 0.2) is 18.2 Å². The predicted octanol–water partition coefficient (Wildman–Crippen LogP) is 3.07. The van der Waals surface area contributed by atoms with E-state index in [2.05, 4.69) is 10.6 Å². The van der Waals surface area contributed by atoms with Crippen LogP contribution in [0.4, 0.5) is 5.69 Å². The molecule has 0 aliphatic carbocycles. The second-order valence-corrected chi connectivity index (χ2v) is 6.50. The monoisotopic (exact) mass is 318 g/mol. The maximum absolute atomic E-state index is 11.9. The Bertz CT molecular complexity index is 476. The van der Waals surface area contributed by atoms with Crippen LogP contribution in [0.2, 0.25) is 10.0 Å². The Kier molecular flexibility index (Phi) is 5.44. The number of hydrogen-bond acceptors (Lipinski definition) is 3. The lowest BCUT2D eigenvalue weighted by molar-refractivity contribution is -0.116. The van der Waals surface area contributed by atoms with Gasteiger partial charge in [0.25, 0.3) is 0 Å². The molecule has 20 heavy (non-hydrogen) atoms. The first-order chi connectivity index (χ1) is 9.04. The number of halogens is 2. The third-order valence-corrected chi connectivity index (χ3v) is 4.08. The molecule has 0 spiro atoms. The summed E-state index contributed by atoms with van der Waals surface area (Å²) in [7, 11) is 0. The lowest BCUT2D eigenvalue weighted by atomic mass is 9.86. The zero-order chi connectivity index (χ0) is 15.6. The molecule has 0 saturated carbocycles. The van der Waals surface area contributed by atoms with Gasteiger partial charge in [-0.2, -0.15) is 0 Å². The van der Waals surface area contributed by atoms with Gasteiger partial charge < -0.3 is 15.7 Å². The van der Waals surface area contributed by atoms with Crippen LogP contribution in [0.5, 0.6) is 0 Å². The van der Waals surface area contributed by atoms with Gasteiger partial charge in [-0.3, -0.25) is 4.79 Å². The number of aliphatic hydroxyl groups is 1. The zero-order valence-corrected chi connectivity index (χ0v) is 13.6. The molecule has 4 nitrogen and oxygen atoms in total. The molecule has 0 radical (unpaired) electrons. The molecule has 0 fully saturated rings. The number of benzene rings is 1. The molecule has 1 rings (SSSR count). The minimum absolute atomic E-state index is 0.0402. The van der Waals surface area contributed by atoms with Crippen LogP contribution in [0, 0.1) is 0 Å². The Balaban J connectivity index is 2.66. The fourth-order valence-corrected chi connectivity index (χ4v) is 1.81. The first kappa shape index (κ1) is 17.2. The van der Waals surface area contributed by atoms with Crippen LogP contribution in [0.3, 0.4) is 0 Å². The van der Waals surface area contributed by atoms with Crippen molar-refractivity contribution in [2.24, 2.45) is 0 Å². The minimum atomic E-state index is -0.963. The molecule has 3 N–H and O–H groups in total. The van der Waals surface area contributed by atoms with E-state index in [-0.39, 0.29) is 12.5 Å². The number of carbonyl (C=O) groups is 1. The zero-order valence-electron chi connectivity index (χ0n) is 12.1. The second-order valence-electron chi connectivity index (χ2n) is 5.68. The van der Waals surface area contributed by atoms with Crippen LogP contribution >= 0.6 is 23.2 Å². The van der Waals surface area contributed by atoms with Crippen molar-refractivity contribution >= 4 is 34.8 Å². The summed E-state index contributed by atoms with van der Waals surface area (Å²) in [5.74, 6) is -0.280. The smallest absolute Gasteiger partial charge is 0.238 e. The summed E-state index contributed by atoms with van der Waals surface area (Å²) in [6.07, 6.45) is 0. The van der Waals surface area contributed by atoms with E-state index in [0.717, 1.165) is 0 Å². The van der Waals surface area contributed by atoms with Crippen LogP contribution in [-0.2, 0) is 4.79 Å². The lowest BCUT2D eigenvalue weighted by Gasteiger charge is -2.38. The Morgan fingerprint density at radius 2 is 1.70 bits per heavy atom. The number of rotatable bonds is 5. The van der Waals surface area contributed by atoms with Crippen molar-refractivity contribution in [1.82, 2.24) is 5.32 Å². The molecule has 0 aromatic heterocycles. The topological polar surface area (TPSA) is 61.4 Å². The number of hydrogen-bond donors (Lipinski definition) is 3. The molecule has 112 valence electrons. The summed E-state index contributed by atoms with van der Waals surface area (Å²) in [4.78, 5) is 11.9. The van der Waals surface area contributed by atoms with Crippen molar-refractivity contribution in [2.45, 2.75) is 38.8 Å². The van der Waals surface area contributed by atoms with E-state index >= 15 is 0 Å². The summed E-state index contributed by atoms with van der Waals surface area (Å²) in [6, 6.07) is 5.00. The summed E-state index contributed by atoms with van der Waals surface area (Å²) in [6.45, 7) is 7.05. The van der Waals surface area contributed by atoms with Gasteiger partial charge in [0, 0.05) is 5.54 Å². The Morgan fingerprint density at radius 3 is 2.15 bits per heavy atom. The third-order valence-electron chi connectivity index (χ3n) is 3.45. The van der Waals surface area contributed by atoms with Crippen molar-refractivity contribution in [1.29, 1.82) is 0 Å². The Morgan fingerprint density at radius 1 is 1.20 bits per heavy atom. The Hall–Kier alpha value is -0.810. The standard InChI is InChI=1S/C14H20Cl2N2O2/c1-13(2,14(3,4)20)17-8-11(19)18-12-9(15)6-5-7-10(12)16/h5-7,17,20H,8H2,1-4H3,(H,18,19). The largest absolute Gasteiger partial charge is 0.389 e. The van der Waals surface area contributed by atoms with Crippen LogP contribution in [-0.4, -0.2) is 28.7 Å². The van der Waals surface area contributed by atoms with Crippen molar-refractivity contribution in [2.75, 3.05) is 11.9 Å². The molecule has 0 aliphatic heterocycles. The molecule has 0 heterocycles.